The summed E-state index contributed by atoms with van der Waals surface area (Å²) in [4.78, 5) is 41.8. The summed E-state index contributed by atoms with van der Waals surface area (Å²) in [6, 6.07) is 0.965. The Morgan fingerprint density at radius 3 is 2.73 bits per heavy atom. The number of aliphatic hydroxyl groups excluding tert-OH is 1. The molecule has 1 aromatic rings. The fourth-order valence-electron chi connectivity index (χ4n) is 2.13. The zero-order valence-electron chi connectivity index (χ0n) is 11.2. The number of ether oxygens (including phenoxy) is 1. The third-order valence-corrected chi connectivity index (χ3v) is 3.71. The number of aromatic nitrogens is 2. The van der Waals surface area contributed by atoms with Crippen molar-refractivity contribution in [1.29, 1.82) is 0 Å². The van der Waals surface area contributed by atoms with Gasteiger partial charge in [-0.3, -0.25) is 18.9 Å². The van der Waals surface area contributed by atoms with Crippen LogP contribution in [-0.4, -0.2) is 48.9 Å². The number of aromatic amines is 1. The van der Waals surface area contributed by atoms with Crippen molar-refractivity contribution < 1.29 is 33.1 Å². The highest BCUT2D eigenvalue weighted by molar-refractivity contribution is 7.46. The van der Waals surface area contributed by atoms with Crippen LogP contribution in [0.2, 0.25) is 0 Å². The zero-order chi connectivity index (χ0) is 16.7. The molecule has 2 rings (SSSR count). The van der Waals surface area contributed by atoms with Crippen LogP contribution in [0.5, 0.6) is 0 Å². The highest BCUT2D eigenvalue weighted by atomic mass is 31.2. The van der Waals surface area contributed by atoms with E-state index in [1.54, 1.807) is 0 Å². The number of halogens is 1. The van der Waals surface area contributed by atoms with E-state index < -0.39 is 49.8 Å². The van der Waals surface area contributed by atoms with E-state index in [-0.39, 0.29) is 0 Å². The SMILES string of the molecule is C[C@@]1(F)C(O)C(COP(=O)(O)O)OC1n1ccc(=O)[nH]c1=O. The average Bonchev–Trinajstić information content (AvgIpc) is 2.59. The second-order valence-electron chi connectivity index (χ2n) is 4.93. The van der Waals surface area contributed by atoms with E-state index in [0.717, 1.165) is 23.8 Å². The zero-order valence-corrected chi connectivity index (χ0v) is 12.1. The highest BCUT2D eigenvalue weighted by Gasteiger charge is 2.55. The third-order valence-electron chi connectivity index (χ3n) is 3.23. The number of nitrogens with one attached hydrogen (secondary N) is 1. The molecule has 0 aromatic carbocycles. The molecule has 1 saturated heterocycles. The average molecular weight is 340 g/mol. The number of phosphoric ester groups is 1. The minimum atomic E-state index is -4.82. The molecule has 1 fully saturated rings. The molecule has 0 radical (unpaired) electrons. The number of H-pyrrole nitrogens is 1. The van der Waals surface area contributed by atoms with Gasteiger partial charge in [0.1, 0.15) is 12.2 Å². The number of phosphoric acid groups is 1. The lowest BCUT2D eigenvalue weighted by molar-refractivity contribution is -0.0605. The number of nitrogens with zero attached hydrogens (tertiary/aromatic N) is 1. The lowest BCUT2D eigenvalue weighted by Crippen LogP contribution is -2.43. The van der Waals surface area contributed by atoms with E-state index in [4.69, 9.17) is 14.5 Å². The van der Waals surface area contributed by atoms with Gasteiger partial charge in [-0.15, -0.1) is 0 Å². The Bertz CT molecular complexity index is 709. The van der Waals surface area contributed by atoms with Crippen molar-refractivity contribution in [3.63, 3.8) is 0 Å². The van der Waals surface area contributed by atoms with Gasteiger partial charge in [0.2, 0.25) is 0 Å². The fourth-order valence-corrected chi connectivity index (χ4v) is 2.47. The number of aliphatic hydroxyl groups is 1. The van der Waals surface area contributed by atoms with Crippen LogP contribution in [0.1, 0.15) is 13.2 Å². The summed E-state index contributed by atoms with van der Waals surface area (Å²) in [7, 11) is -4.82. The van der Waals surface area contributed by atoms with Gasteiger partial charge in [-0.05, 0) is 6.92 Å². The van der Waals surface area contributed by atoms with E-state index in [0.29, 0.717) is 0 Å². The van der Waals surface area contributed by atoms with E-state index >= 15 is 0 Å². The van der Waals surface area contributed by atoms with Gasteiger partial charge in [-0.25, -0.2) is 13.8 Å². The summed E-state index contributed by atoms with van der Waals surface area (Å²) >= 11 is 0. The number of rotatable bonds is 4. The second kappa shape index (κ2) is 5.69. The predicted molar refractivity (Wildman–Crippen MR) is 68.7 cm³/mol. The number of hydrogen-bond donors (Lipinski definition) is 4. The maximum atomic E-state index is 14.6. The van der Waals surface area contributed by atoms with Crippen molar-refractivity contribution in [1.82, 2.24) is 9.55 Å². The van der Waals surface area contributed by atoms with E-state index in [9.17, 15) is 23.7 Å². The first kappa shape index (κ1) is 17.0. The molecule has 1 aliphatic heterocycles. The number of hydrogen-bond acceptors (Lipinski definition) is 6. The molecule has 12 heteroatoms. The van der Waals surface area contributed by atoms with Crippen LogP contribution >= 0.6 is 7.82 Å². The molecule has 0 spiro atoms. The van der Waals surface area contributed by atoms with Crippen LogP contribution in [0.15, 0.2) is 21.9 Å². The Hall–Kier alpha value is -1.36. The van der Waals surface area contributed by atoms with Crippen molar-refractivity contribution in [2.45, 2.75) is 31.0 Å². The molecule has 22 heavy (non-hydrogen) atoms. The molecule has 4 atom stereocenters. The lowest BCUT2D eigenvalue weighted by Gasteiger charge is -2.24. The van der Waals surface area contributed by atoms with Crippen LogP contribution in [0.25, 0.3) is 0 Å². The van der Waals surface area contributed by atoms with Crippen LogP contribution < -0.4 is 11.2 Å². The Kier molecular flexibility index (Phi) is 4.39. The van der Waals surface area contributed by atoms with Crippen LogP contribution in [0.3, 0.4) is 0 Å². The summed E-state index contributed by atoms with van der Waals surface area (Å²) in [5.74, 6) is 0. The summed E-state index contributed by atoms with van der Waals surface area (Å²) < 4.78 is 35.3. The van der Waals surface area contributed by atoms with Gasteiger partial charge in [-0.1, -0.05) is 0 Å². The monoisotopic (exact) mass is 340 g/mol. The lowest BCUT2D eigenvalue weighted by atomic mass is 9.98. The van der Waals surface area contributed by atoms with Crippen molar-refractivity contribution in [3.05, 3.63) is 33.1 Å². The summed E-state index contributed by atoms with van der Waals surface area (Å²) in [5, 5.41) is 9.87. The van der Waals surface area contributed by atoms with Crippen molar-refractivity contribution in [3.8, 4) is 0 Å². The van der Waals surface area contributed by atoms with Gasteiger partial charge in [0.05, 0.1) is 6.61 Å². The molecule has 10 nitrogen and oxygen atoms in total. The van der Waals surface area contributed by atoms with Crippen LogP contribution in [0, 0.1) is 0 Å². The first-order valence-corrected chi connectivity index (χ1v) is 7.59. The maximum absolute atomic E-state index is 14.6. The molecular weight excluding hydrogens is 326 g/mol. The highest BCUT2D eigenvalue weighted by Crippen LogP contribution is 2.43. The van der Waals surface area contributed by atoms with Crippen molar-refractivity contribution in [2.24, 2.45) is 0 Å². The first-order chi connectivity index (χ1) is 10.0. The summed E-state index contributed by atoms with van der Waals surface area (Å²) in [6.07, 6.45) is -3.82. The van der Waals surface area contributed by atoms with E-state index in [1.165, 1.54) is 0 Å². The van der Waals surface area contributed by atoms with Gasteiger partial charge in [0, 0.05) is 12.3 Å². The van der Waals surface area contributed by atoms with Crippen LogP contribution in [0.4, 0.5) is 4.39 Å². The molecule has 4 N–H and O–H groups in total. The molecule has 124 valence electrons. The molecular formula is C10H14FN2O8P. The summed E-state index contributed by atoms with van der Waals surface area (Å²) in [6.45, 7) is 0.178. The third kappa shape index (κ3) is 3.35. The van der Waals surface area contributed by atoms with Crippen LogP contribution in [-0.2, 0) is 13.8 Å². The molecule has 1 aliphatic rings. The molecule has 0 saturated carbocycles. The van der Waals surface area contributed by atoms with Gasteiger partial charge in [0.15, 0.2) is 11.9 Å². The van der Waals surface area contributed by atoms with Crippen molar-refractivity contribution >= 4 is 7.82 Å². The molecule has 2 heterocycles. The second-order valence-corrected chi connectivity index (χ2v) is 6.17. The smallest absolute Gasteiger partial charge is 0.387 e. The number of alkyl halides is 1. The summed E-state index contributed by atoms with van der Waals surface area (Å²) in [5.41, 5.74) is -4.10. The largest absolute Gasteiger partial charge is 0.469 e. The molecule has 0 bridgehead atoms. The van der Waals surface area contributed by atoms with E-state index in [1.807, 2.05) is 4.98 Å². The minimum absolute atomic E-state index is 0.693. The molecule has 0 aliphatic carbocycles. The molecule has 3 unspecified atom stereocenters. The standard InChI is InChI=1S/C10H14FN2O8P/c1-10(11)7(15)5(4-20-22(17,18)19)21-8(10)13-3-2-6(14)12-9(13)16/h2-3,5,7-8,15H,4H2,1H3,(H,12,14,16)(H2,17,18,19)/t5?,7?,8?,10-/m1/s1. The Morgan fingerprint density at radius 1 is 1.55 bits per heavy atom. The van der Waals surface area contributed by atoms with Gasteiger partial charge < -0.3 is 19.6 Å². The normalized spacial score (nSPS) is 32.3. The fraction of sp³-hybridized carbons (Fsp3) is 0.600. The van der Waals surface area contributed by atoms with Gasteiger partial charge in [0.25, 0.3) is 5.56 Å². The topological polar surface area (TPSA) is 151 Å². The quantitative estimate of drug-likeness (QED) is 0.490. The van der Waals surface area contributed by atoms with Crippen molar-refractivity contribution in [2.75, 3.05) is 6.61 Å². The molecule has 1 aromatic heterocycles. The van der Waals surface area contributed by atoms with Gasteiger partial charge >= 0.3 is 13.5 Å². The maximum Gasteiger partial charge on any atom is 0.469 e. The minimum Gasteiger partial charge on any atom is -0.387 e. The Morgan fingerprint density at radius 2 is 2.18 bits per heavy atom. The Balaban J connectivity index is 2.28. The Labute approximate surface area is 122 Å². The predicted octanol–water partition coefficient (Wildman–Crippen LogP) is -1.37. The molecule has 0 amide bonds. The van der Waals surface area contributed by atoms with Gasteiger partial charge in [-0.2, -0.15) is 0 Å². The van der Waals surface area contributed by atoms with E-state index in [2.05, 4.69) is 4.52 Å². The first-order valence-electron chi connectivity index (χ1n) is 6.06.